The van der Waals surface area contributed by atoms with Gasteiger partial charge in [-0.05, 0) is 11.5 Å². The zero-order chi connectivity index (χ0) is 12.7. The lowest BCUT2D eigenvalue weighted by atomic mass is 10.0. The first kappa shape index (κ1) is 13.7. The lowest BCUT2D eigenvalue weighted by molar-refractivity contribution is -0.121. The molecule has 0 aliphatic heterocycles. The summed E-state index contributed by atoms with van der Waals surface area (Å²) in [5.41, 5.74) is 6.98. The van der Waals surface area contributed by atoms with Gasteiger partial charge in [0.25, 0.3) is 0 Å². The van der Waals surface area contributed by atoms with Crippen LogP contribution in [0.15, 0.2) is 30.3 Å². The summed E-state index contributed by atoms with van der Waals surface area (Å²) in [6, 6.07) is 9.50. The molecule has 0 spiro atoms. The highest BCUT2D eigenvalue weighted by Crippen LogP contribution is 2.12. The minimum absolute atomic E-state index is 0.0293. The standard InChI is InChI=1S/C14H22N2O/c1-3-11(2)10-16-14(17)9-13(15)12-7-5-4-6-8-12/h4-8,11,13H,3,9-10,15H2,1-2H3,(H,16,17). The van der Waals surface area contributed by atoms with E-state index in [4.69, 9.17) is 5.73 Å². The van der Waals surface area contributed by atoms with Gasteiger partial charge < -0.3 is 11.1 Å². The molecule has 0 saturated heterocycles. The summed E-state index contributed by atoms with van der Waals surface area (Å²) < 4.78 is 0. The lowest BCUT2D eigenvalue weighted by Crippen LogP contribution is -2.30. The summed E-state index contributed by atoms with van der Waals surface area (Å²) in [5.74, 6) is 0.550. The summed E-state index contributed by atoms with van der Waals surface area (Å²) in [6.07, 6.45) is 1.42. The second-order valence-corrected chi connectivity index (χ2v) is 4.54. The third-order valence-corrected chi connectivity index (χ3v) is 2.98. The van der Waals surface area contributed by atoms with Crippen molar-refractivity contribution in [3.63, 3.8) is 0 Å². The predicted molar refractivity (Wildman–Crippen MR) is 70.5 cm³/mol. The molecule has 1 aromatic carbocycles. The smallest absolute Gasteiger partial charge is 0.221 e. The largest absolute Gasteiger partial charge is 0.356 e. The number of nitrogens with one attached hydrogen (secondary N) is 1. The predicted octanol–water partition coefficient (Wildman–Crippen LogP) is 2.24. The van der Waals surface area contributed by atoms with Crippen molar-refractivity contribution in [2.24, 2.45) is 11.7 Å². The van der Waals surface area contributed by atoms with E-state index in [0.29, 0.717) is 12.3 Å². The van der Waals surface area contributed by atoms with Gasteiger partial charge in [-0.2, -0.15) is 0 Å². The highest BCUT2D eigenvalue weighted by molar-refractivity contribution is 5.76. The van der Waals surface area contributed by atoms with E-state index in [1.165, 1.54) is 0 Å². The van der Waals surface area contributed by atoms with Crippen molar-refractivity contribution in [1.29, 1.82) is 0 Å². The first-order valence-corrected chi connectivity index (χ1v) is 6.20. The Balaban J connectivity index is 2.36. The van der Waals surface area contributed by atoms with Gasteiger partial charge in [-0.15, -0.1) is 0 Å². The summed E-state index contributed by atoms with van der Waals surface area (Å²) in [4.78, 5) is 11.7. The molecular formula is C14H22N2O. The Bertz CT molecular complexity index is 337. The molecular weight excluding hydrogens is 212 g/mol. The second-order valence-electron chi connectivity index (χ2n) is 4.54. The molecule has 94 valence electrons. The molecule has 0 aromatic heterocycles. The molecule has 0 aliphatic carbocycles. The minimum atomic E-state index is -0.215. The first-order chi connectivity index (χ1) is 8.13. The molecule has 0 aliphatic rings. The molecule has 0 fully saturated rings. The number of rotatable bonds is 6. The minimum Gasteiger partial charge on any atom is -0.356 e. The first-order valence-electron chi connectivity index (χ1n) is 6.20. The molecule has 0 radical (unpaired) electrons. The molecule has 17 heavy (non-hydrogen) atoms. The van der Waals surface area contributed by atoms with Crippen LogP contribution in [-0.4, -0.2) is 12.5 Å². The number of nitrogens with two attached hydrogens (primary N) is 1. The van der Waals surface area contributed by atoms with Crippen molar-refractivity contribution in [2.45, 2.75) is 32.7 Å². The van der Waals surface area contributed by atoms with Crippen LogP contribution in [0.3, 0.4) is 0 Å². The van der Waals surface area contributed by atoms with Gasteiger partial charge in [0.1, 0.15) is 0 Å². The fraction of sp³-hybridized carbons (Fsp3) is 0.500. The van der Waals surface area contributed by atoms with Crippen molar-refractivity contribution < 1.29 is 4.79 Å². The van der Waals surface area contributed by atoms with Crippen molar-refractivity contribution in [3.8, 4) is 0 Å². The summed E-state index contributed by atoms with van der Waals surface area (Å²) in [6.45, 7) is 4.97. The van der Waals surface area contributed by atoms with E-state index >= 15 is 0 Å². The highest BCUT2D eigenvalue weighted by atomic mass is 16.1. The molecule has 2 atom stereocenters. The Morgan fingerprint density at radius 2 is 2.00 bits per heavy atom. The SMILES string of the molecule is CCC(C)CNC(=O)CC(N)c1ccccc1. The van der Waals surface area contributed by atoms with Crippen LogP contribution in [0, 0.1) is 5.92 Å². The molecule has 1 amide bonds. The number of amides is 1. The average Bonchev–Trinajstić information content (AvgIpc) is 2.36. The van der Waals surface area contributed by atoms with Crippen LogP contribution in [0.25, 0.3) is 0 Å². The van der Waals surface area contributed by atoms with Gasteiger partial charge in [0, 0.05) is 19.0 Å². The molecule has 3 nitrogen and oxygen atoms in total. The van der Waals surface area contributed by atoms with Gasteiger partial charge >= 0.3 is 0 Å². The molecule has 2 unspecified atom stereocenters. The average molecular weight is 234 g/mol. The zero-order valence-corrected chi connectivity index (χ0v) is 10.6. The Morgan fingerprint density at radius 1 is 1.35 bits per heavy atom. The van der Waals surface area contributed by atoms with E-state index in [1.807, 2.05) is 30.3 Å². The van der Waals surface area contributed by atoms with Crippen LogP contribution < -0.4 is 11.1 Å². The highest BCUT2D eigenvalue weighted by Gasteiger charge is 2.11. The van der Waals surface area contributed by atoms with Gasteiger partial charge in [-0.3, -0.25) is 4.79 Å². The van der Waals surface area contributed by atoms with E-state index in [2.05, 4.69) is 19.2 Å². The van der Waals surface area contributed by atoms with Gasteiger partial charge in [-0.1, -0.05) is 50.6 Å². The fourth-order valence-corrected chi connectivity index (χ4v) is 1.52. The van der Waals surface area contributed by atoms with Crippen LogP contribution in [0.4, 0.5) is 0 Å². The monoisotopic (exact) mass is 234 g/mol. The Morgan fingerprint density at radius 3 is 2.59 bits per heavy atom. The third kappa shape index (κ3) is 5.00. The van der Waals surface area contributed by atoms with Crippen molar-refractivity contribution in [1.82, 2.24) is 5.32 Å². The molecule has 1 aromatic rings. The normalized spacial score (nSPS) is 14.1. The summed E-state index contributed by atoms with van der Waals surface area (Å²) >= 11 is 0. The van der Waals surface area contributed by atoms with E-state index in [9.17, 15) is 4.79 Å². The maximum atomic E-state index is 11.7. The van der Waals surface area contributed by atoms with Gasteiger partial charge in [0.15, 0.2) is 0 Å². The molecule has 3 N–H and O–H groups in total. The summed E-state index contributed by atoms with van der Waals surface area (Å²) in [5, 5.41) is 2.92. The molecule has 0 saturated carbocycles. The number of hydrogen-bond donors (Lipinski definition) is 2. The zero-order valence-electron chi connectivity index (χ0n) is 10.6. The van der Waals surface area contributed by atoms with Gasteiger partial charge in [0.2, 0.25) is 5.91 Å². The van der Waals surface area contributed by atoms with Crippen molar-refractivity contribution >= 4 is 5.91 Å². The quantitative estimate of drug-likeness (QED) is 0.793. The van der Waals surface area contributed by atoms with E-state index in [1.54, 1.807) is 0 Å². The van der Waals surface area contributed by atoms with E-state index in [0.717, 1.165) is 18.5 Å². The Kier molecular flexibility index (Phi) is 5.70. The van der Waals surface area contributed by atoms with Gasteiger partial charge in [0.05, 0.1) is 0 Å². The lowest BCUT2D eigenvalue weighted by Gasteiger charge is -2.14. The van der Waals surface area contributed by atoms with Crippen LogP contribution in [0.1, 0.15) is 38.3 Å². The fourth-order valence-electron chi connectivity index (χ4n) is 1.52. The molecule has 3 heteroatoms. The topological polar surface area (TPSA) is 55.1 Å². The molecule has 0 heterocycles. The number of carbonyl (C=O) groups is 1. The van der Waals surface area contributed by atoms with Gasteiger partial charge in [-0.25, -0.2) is 0 Å². The maximum absolute atomic E-state index is 11.7. The van der Waals surface area contributed by atoms with Crippen molar-refractivity contribution in [3.05, 3.63) is 35.9 Å². The van der Waals surface area contributed by atoms with Crippen LogP contribution >= 0.6 is 0 Å². The number of benzene rings is 1. The maximum Gasteiger partial charge on any atom is 0.221 e. The number of carbonyl (C=O) groups excluding carboxylic acids is 1. The van der Waals surface area contributed by atoms with Crippen LogP contribution in [0.5, 0.6) is 0 Å². The van der Waals surface area contributed by atoms with E-state index in [-0.39, 0.29) is 11.9 Å². The van der Waals surface area contributed by atoms with Crippen molar-refractivity contribution in [2.75, 3.05) is 6.54 Å². The molecule has 1 rings (SSSR count). The number of hydrogen-bond acceptors (Lipinski definition) is 2. The second kappa shape index (κ2) is 7.07. The third-order valence-electron chi connectivity index (χ3n) is 2.98. The Labute approximate surface area is 103 Å². The Hall–Kier alpha value is -1.35. The van der Waals surface area contributed by atoms with Crippen LogP contribution in [0.2, 0.25) is 0 Å². The van der Waals surface area contributed by atoms with Crippen LogP contribution in [-0.2, 0) is 4.79 Å². The van der Waals surface area contributed by atoms with E-state index < -0.39 is 0 Å². The molecule has 0 bridgehead atoms. The summed E-state index contributed by atoms with van der Waals surface area (Å²) in [7, 11) is 0.